The second-order valence-corrected chi connectivity index (χ2v) is 7.02. The van der Waals surface area contributed by atoms with E-state index in [1.165, 1.54) is 16.7 Å². The van der Waals surface area contributed by atoms with Crippen molar-refractivity contribution >= 4 is 5.57 Å². The van der Waals surface area contributed by atoms with E-state index in [1.807, 2.05) is 6.08 Å². The van der Waals surface area contributed by atoms with Crippen LogP contribution in [0.1, 0.15) is 37.5 Å². The normalized spacial score (nSPS) is 11.6. The Balaban J connectivity index is 2.52. The Labute approximate surface area is 136 Å². The van der Waals surface area contributed by atoms with E-state index >= 15 is 0 Å². The van der Waals surface area contributed by atoms with Gasteiger partial charge in [0.2, 0.25) is 0 Å². The molecule has 0 aliphatic heterocycles. The summed E-state index contributed by atoms with van der Waals surface area (Å²) in [6.07, 6.45) is 4.05. The Morgan fingerprint density at radius 1 is 1.23 bits per heavy atom. The van der Waals surface area contributed by atoms with E-state index in [2.05, 4.69) is 89.3 Å². The first-order valence-electron chi connectivity index (χ1n) is 7.81. The maximum absolute atomic E-state index is 4.22. The highest BCUT2D eigenvalue weighted by Crippen LogP contribution is 2.17. The molecular weight excluding hydrogens is 266 g/mol. The zero-order valence-corrected chi connectivity index (χ0v) is 15.0. The molecule has 0 spiro atoms. The third-order valence-corrected chi connectivity index (χ3v) is 3.44. The van der Waals surface area contributed by atoms with Crippen molar-refractivity contribution in [3.63, 3.8) is 0 Å². The maximum atomic E-state index is 4.22. The predicted molar refractivity (Wildman–Crippen MR) is 98.8 cm³/mol. The summed E-state index contributed by atoms with van der Waals surface area (Å²) in [5.74, 6) is 6.30. The topological polar surface area (TPSA) is 3.24 Å². The largest absolute Gasteiger partial charge is 0.298 e. The average molecular weight is 295 g/mol. The molecule has 1 aromatic rings. The van der Waals surface area contributed by atoms with Gasteiger partial charge in [-0.1, -0.05) is 42.7 Å². The lowest BCUT2D eigenvalue weighted by Crippen LogP contribution is -2.20. The average Bonchev–Trinajstić information content (AvgIpc) is 2.40. The molecule has 0 radical (unpaired) electrons. The van der Waals surface area contributed by atoms with Gasteiger partial charge in [0.15, 0.2) is 0 Å². The minimum atomic E-state index is 0.0633. The summed E-state index contributed by atoms with van der Waals surface area (Å²) in [6, 6.07) is 6.54. The lowest BCUT2D eigenvalue weighted by molar-refractivity contribution is 0.419. The first-order valence-corrected chi connectivity index (χ1v) is 7.81. The van der Waals surface area contributed by atoms with Crippen molar-refractivity contribution in [3.05, 3.63) is 53.6 Å². The third-order valence-electron chi connectivity index (χ3n) is 3.44. The van der Waals surface area contributed by atoms with Gasteiger partial charge in [0.1, 0.15) is 0 Å². The van der Waals surface area contributed by atoms with Crippen LogP contribution in [0.2, 0.25) is 0 Å². The molecule has 0 saturated heterocycles. The molecule has 0 bridgehead atoms. The van der Waals surface area contributed by atoms with Crippen LogP contribution in [0.5, 0.6) is 0 Å². The van der Waals surface area contributed by atoms with Crippen molar-refractivity contribution in [1.82, 2.24) is 4.90 Å². The van der Waals surface area contributed by atoms with Crippen LogP contribution in [-0.4, -0.2) is 25.0 Å². The van der Waals surface area contributed by atoms with Gasteiger partial charge in [0, 0.05) is 18.5 Å². The van der Waals surface area contributed by atoms with E-state index < -0.39 is 0 Å². The molecule has 1 nitrogen and oxygen atoms in total. The molecule has 0 atom stereocenters. The smallest absolute Gasteiger partial charge is 0.0234 e. The van der Waals surface area contributed by atoms with Crippen LogP contribution in [-0.2, 0) is 0 Å². The van der Waals surface area contributed by atoms with Crippen molar-refractivity contribution < 1.29 is 0 Å². The Morgan fingerprint density at radius 2 is 1.91 bits per heavy atom. The summed E-state index contributed by atoms with van der Waals surface area (Å²) >= 11 is 0. The van der Waals surface area contributed by atoms with Gasteiger partial charge in [-0.05, 0) is 70.0 Å². The molecular formula is C21H29N. The second kappa shape index (κ2) is 8.01. The molecule has 1 heteroatoms. The standard InChI is InChI=1S/C21H29N/c1-17-11-12-20(15-18(17)2)19(3)16-22(7)14-10-8-9-13-21(4,5)6/h8,10-12,15H,3,14,16H2,1-2,4-7H3/b10-8+. The molecule has 0 unspecified atom stereocenters. The molecule has 22 heavy (non-hydrogen) atoms. The highest BCUT2D eigenvalue weighted by Gasteiger charge is 2.04. The van der Waals surface area contributed by atoms with E-state index in [1.54, 1.807) is 0 Å². The Morgan fingerprint density at radius 3 is 2.50 bits per heavy atom. The molecule has 0 N–H and O–H groups in total. The van der Waals surface area contributed by atoms with Crippen LogP contribution >= 0.6 is 0 Å². The zero-order valence-electron chi connectivity index (χ0n) is 15.0. The van der Waals surface area contributed by atoms with Crippen LogP contribution in [0.3, 0.4) is 0 Å². The molecule has 0 aromatic heterocycles. The molecule has 0 saturated carbocycles. The molecule has 0 amide bonds. The first kappa shape index (κ1) is 18.3. The lowest BCUT2D eigenvalue weighted by atomic mass is 9.98. The molecule has 1 aromatic carbocycles. The summed E-state index contributed by atoms with van der Waals surface area (Å²) in [4.78, 5) is 2.24. The third kappa shape index (κ3) is 6.78. The van der Waals surface area contributed by atoms with Crippen LogP contribution < -0.4 is 0 Å². The first-order chi connectivity index (χ1) is 10.2. The lowest BCUT2D eigenvalue weighted by Gasteiger charge is -2.17. The summed E-state index contributed by atoms with van der Waals surface area (Å²) in [5.41, 5.74) is 5.09. The van der Waals surface area contributed by atoms with Crippen LogP contribution in [0.4, 0.5) is 0 Å². The molecule has 0 fully saturated rings. The Bertz CT molecular complexity index is 603. The number of hydrogen-bond acceptors (Lipinski definition) is 1. The SMILES string of the molecule is C=C(CN(C)C/C=C/C#CC(C)(C)C)c1ccc(C)c(C)c1. The number of allylic oxidation sites excluding steroid dienone is 1. The number of rotatable bonds is 5. The quantitative estimate of drug-likeness (QED) is 0.702. The Hall–Kier alpha value is -1.78. The van der Waals surface area contributed by atoms with Gasteiger partial charge in [-0.25, -0.2) is 0 Å². The molecule has 0 heterocycles. The minimum Gasteiger partial charge on any atom is -0.298 e. The summed E-state index contributed by atoms with van der Waals surface area (Å²) < 4.78 is 0. The molecule has 118 valence electrons. The Kier molecular flexibility index (Phi) is 6.65. The monoisotopic (exact) mass is 295 g/mol. The number of hydrogen-bond donors (Lipinski definition) is 0. The number of benzene rings is 1. The summed E-state index contributed by atoms with van der Waals surface area (Å²) in [5, 5.41) is 0. The van der Waals surface area contributed by atoms with E-state index in [0.29, 0.717) is 0 Å². The molecule has 1 rings (SSSR count). The van der Waals surface area contributed by atoms with Gasteiger partial charge in [-0.2, -0.15) is 0 Å². The van der Waals surface area contributed by atoms with Gasteiger partial charge in [0.25, 0.3) is 0 Å². The number of aryl methyl sites for hydroxylation is 2. The maximum Gasteiger partial charge on any atom is 0.0234 e. The number of likely N-dealkylation sites (N-methyl/N-ethyl adjacent to an activating group) is 1. The predicted octanol–water partition coefficient (Wildman–Crippen LogP) is 4.85. The van der Waals surface area contributed by atoms with Gasteiger partial charge < -0.3 is 0 Å². The molecule has 0 aliphatic rings. The highest BCUT2D eigenvalue weighted by molar-refractivity contribution is 5.65. The fourth-order valence-electron chi connectivity index (χ4n) is 1.99. The fraction of sp³-hybridized carbons (Fsp3) is 0.429. The number of nitrogens with zero attached hydrogens (tertiary/aromatic N) is 1. The highest BCUT2D eigenvalue weighted by atomic mass is 15.1. The van der Waals surface area contributed by atoms with Crippen molar-refractivity contribution in [2.75, 3.05) is 20.1 Å². The van der Waals surface area contributed by atoms with Crippen LogP contribution in [0, 0.1) is 31.1 Å². The van der Waals surface area contributed by atoms with Gasteiger partial charge in [-0.3, -0.25) is 4.90 Å². The van der Waals surface area contributed by atoms with Crippen molar-refractivity contribution in [1.29, 1.82) is 0 Å². The summed E-state index contributed by atoms with van der Waals surface area (Å²) in [6.45, 7) is 16.6. The van der Waals surface area contributed by atoms with Crippen LogP contribution in [0.15, 0.2) is 36.9 Å². The zero-order chi connectivity index (χ0) is 16.8. The van der Waals surface area contributed by atoms with Crippen molar-refractivity contribution in [2.45, 2.75) is 34.6 Å². The van der Waals surface area contributed by atoms with E-state index in [0.717, 1.165) is 18.7 Å². The second-order valence-electron chi connectivity index (χ2n) is 7.02. The van der Waals surface area contributed by atoms with Gasteiger partial charge >= 0.3 is 0 Å². The minimum absolute atomic E-state index is 0.0633. The van der Waals surface area contributed by atoms with Crippen molar-refractivity contribution in [2.24, 2.45) is 5.41 Å². The van der Waals surface area contributed by atoms with Crippen LogP contribution in [0.25, 0.3) is 5.57 Å². The molecule has 0 aliphatic carbocycles. The van der Waals surface area contributed by atoms with E-state index in [9.17, 15) is 0 Å². The van der Waals surface area contributed by atoms with E-state index in [4.69, 9.17) is 0 Å². The summed E-state index contributed by atoms with van der Waals surface area (Å²) in [7, 11) is 2.10. The van der Waals surface area contributed by atoms with Crippen molar-refractivity contribution in [3.8, 4) is 11.8 Å². The fourth-order valence-corrected chi connectivity index (χ4v) is 1.99. The van der Waals surface area contributed by atoms with E-state index in [-0.39, 0.29) is 5.41 Å². The van der Waals surface area contributed by atoms with Gasteiger partial charge in [-0.15, -0.1) is 0 Å². The van der Waals surface area contributed by atoms with Gasteiger partial charge in [0.05, 0.1) is 0 Å².